The van der Waals surface area contributed by atoms with Crippen molar-refractivity contribution >= 4 is 36.4 Å². The number of Topliss-reactive ketones (excluding diaryl/α,β-unsaturated/α-hetero) is 1. The summed E-state index contributed by atoms with van der Waals surface area (Å²) in [4.78, 5) is 18.2. The number of aromatic nitrogens is 1. The van der Waals surface area contributed by atoms with Gasteiger partial charge in [0.05, 0.1) is 15.2 Å². The van der Waals surface area contributed by atoms with E-state index in [-0.39, 0.29) is 22.5 Å². The monoisotopic (exact) mass is 575 g/mol. The van der Waals surface area contributed by atoms with Crippen LogP contribution in [0.25, 0.3) is 22.0 Å². The van der Waals surface area contributed by atoms with Crippen molar-refractivity contribution in [1.82, 2.24) is 4.98 Å². The van der Waals surface area contributed by atoms with Gasteiger partial charge in [0.15, 0.2) is 19.7 Å². The lowest BCUT2D eigenvalue weighted by Crippen LogP contribution is -2.28. The number of carbonyl (C=O) groups excluding carboxylic acids is 1. The second-order valence-corrected chi connectivity index (χ2v) is 15.9. The molecular formula is C32H33NO5S2. The van der Waals surface area contributed by atoms with Crippen molar-refractivity contribution in [2.45, 2.75) is 48.7 Å². The first-order valence-electron chi connectivity index (χ1n) is 13.3. The molecule has 40 heavy (non-hydrogen) atoms. The molecule has 1 aliphatic rings. The molecule has 0 radical (unpaired) electrons. The maximum absolute atomic E-state index is 13.4. The third-order valence-electron chi connectivity index (χ3n) is 8.04. The molecule has 4 aromatic rings. The molecule has 1 fully saturated rings. The summed E-state index contributed by atoms with van der Waals surface area (Å²) in [6.45, 7) is 3.42. The summed E-state index contributed by atoms with van der Waals surface area (Å²) in [6, 6.07) is 22.2. The number of pyridine rings is 1. The second-order valence-electron chi connectivity index (χ2n) is 11.4. The number of sulfone groups is 2. The molecule has 1 saturated carbocycles. The van der Waals surface area contributed by atoms with E-state index in [2.05, 4.69) is 4.98 Å². The Balaban J connectivity index is 1.57. The smallest absolute Gasteiger partial charge is 0.175 e. The number of nitrogens with zero attached hydrogens (tertiary/aromatic N) is 1. The predicted molar refractivity (Wildman–Crippen MR) is 159 cm³/mol. The molecule has 0 amide bonds. The van der Waals surface area contributed by atoms with Gasteiger partial charge in [-0.05, 0) is 85.7 Å². The van der Waals surface area contributed by atoms with Crippen LogP contribution in [0.3, 0.4) is 0 Å². The fraction of sp³-hybridized carbons (Fsp3) is 0.312. The lowest BCUT2D eigenvalue weighted by Gasteiger charge is -2.24. The highest BCUT2D eigenvalue weighted by Crippen LogP contribution is 2.39. The molecular weight excluding hydrogens is 542 g/mol. The highest BCUT2D eigenvalue weighted by atomic mass is 32.2. The molecule has 0 spiro atoms. The van der Waals surface area contributed by atoms with Gasteiger partial charge >= 0.3 is 0 Å². The van der Waals surface area contributed by atoms with Crippen LogP contribution in [0.5, 0.6) is 0 Å². The van der Waals surface area contributed by atoms with Crippen LogP contribution in [0.4, 0.5) is 0 Å². The SMILES string of the molecule is CC(C)(c1cc(-c2cccc(CC(C(=O)C3CC3)c3ccc(S(C)(=O)=O)cc3)c2)c2ncccc2c1)S(C)(=O)=O. The molecule has 1 unspecified atom stereocenters. The standard InChI is InChI=1S/C32H33NO5S2/c1-32(2,40(4,37)38)26-19-25-9-6-16-33-30(25)28(20-26)24-8-5-7-21(17-24)18-29(31(34)23-10-11-23)22-12-14-27(15-13-22)39(3,35)36/h5-9,12-17,19-20,23,29H,10-11,18H2,1-4H3. The zero-order valence-corrected chi connectivity index (χ0v) is 24.7. The van der Waals surface area contributed by atoms with Gasteiger partial charge in [0.25, 0.3) is 0 Å². The van der Waals surface area contributed by atoms with Gasteiger partial charge in [0.2, 0.25) is 0 Å². The van der Waals surface area contributed by atoms with E-state index in [4.69, 9.17) is 0 Å². The molecule has 3 aromatic carbocycles. The Morgan fingerprint density at radius 3 is 2.25 bits per heavy atom. The first kappa shape index (κ1) is 28.2. The van der Waals surface area contributed by atoms with E-state index in [1.807, 2.05) is 48.5 Å². The maximum Gasteiger partial charge on any atom is 0.175 e. The van der Waals surface area contributed by atoms with Crippen molar-refractivity contribution < 1.29 is 21.6 Å². The quantitative estimate of drug-likeness (QED) is 0.247. The van der Waals surface area contributed by atoms with Crippen molar-refractivity contribution in [2.24, 2.45) is 5.92 Å². The summed E-state index contributed by atoms with van der Waals surface area (Å²) in [7, 11) is -6.73. The lowest BCUT2D eigenvalue weighted by atomic mass is 9.85. The molecule has 1 aromatic heterocycles. The highest BCUT2D eigenvalue weighted by molar-refractivity contribution is 7.91. The number of benzene rings is 3. The molecule has 0 saturated heterocycles. The fourth-order valence-corrected chi connectivity index (χ4v) is 6.23. The molecule has 1 atom stereocenters. The van der Waals surface area contributed by atoms with E-state index >= 15 is 0 Å². The number of hydrogen-bond acceptors (Lipinski definition) is 6. The molecule has 6 nitrogen and oxygen atoms in total. The van der Waals surface area contributed by atoms with Gasteiger partial charge in [-0.15, -0.1) is 0 Å². The minimum atomic E-state index is -3.40. The molecule has 1 heterocycles. The summed E-state index contributed by atoms with van der Waals surface area (Å²) in [5, 5.41) is 0.852. The van der Waals surface area contributed by atoms with Crippen molar-refractivity contribution in [3.63, 3.8) is 0 Å². The average Bonchev–Trinajstić information content (AvgIpc) is 3.76. The van der Waals surface area contributed by atoms with Crippen LogP contribution in [0.2, 0.25) is 0 Å². The van der Waals surface area contributed by atoms with Gasteiger partial charge < -0.3 is 0 Å². The van der Waals surface area contributed by atoms with Gasteiger partial charge in [-0.25, -0.2) is 16.8 Å². The Hall–Kier alpha value is -3.36. The minimum Gasteiger partial charge on any atom is -0.299 e. The Bertz CT molecular complexity index is 1820. The van der Waals surface area contributed by atoms with E-state index in [1.165, 1.54) is 12.5 Å². The van der Waals surface area contributed by atoms with Crippen molar-refractivity contribution in [3.05, 3.63) is 95.7 Å². The average molecular weight is 576 g/mol. The third kappa shape index (κ3) is 5.60. The van der Waals surface area contributed by atoms with Crippen LogP contribution in [-0.4, -0.2) is 40.1 Å². The van der Waals surface area contributed by atoms with Crippen LogP contribution in [-0.2, 0) is 35.6 Å². The summed E-state index contributed by atoms with van der Waals surface area (Å²) < 4.78 is 48.2. The van der Waals surface area contributed by atoms with E-state index in [0.29, 0.717) is 12.0 Å². The molecule has 0 N–H and O–H groups in total. The van der Waals surface area contributed by atoms with Gasteiger partial charge in [-0.2, -0.15) is 0 Å². The van der Waals surface area contributed by atoms with Gasteiger partial charge in [-0.1, -0.05) is 42.5 Å². The van der Waals surface area contributed by atoms with Crippen LogP contribution in [0, 0.1) is 5.92 Å². The van der Waals surface area contributed by atoms with E-state index in [1.54, 1.807) is 44.3 Å². The highest BCUT2D eigenvalue weighted by Gasteiger charge is 2.36. The number of hydrogen-bond donors (Lipinski definition) is 0. The zero-order chi connectivity index (χ0) is 28.9. The second kappa shape index (κ2) is 10.2. The third-order valence-corrected chi connectivity index (χ3v) is 11.3. The van der Waals surface area contributed by atoms with Crippen molar-refractivity contribution in [2.75, 3.05) is 12.5 Å². The zero-order valence-electron chi connectivity index (χ0n) is 23.1. The van der Waals surface area contributed by atoms with Crippen molar-refractivity contribution in [1.29, 1.82) is 0 Å². The summed E-state index contributed by atoms with van der Waals surface area (Å²) >= 11 is 0. The van der Waals surface area contributed by atoms with Crippen LogP contribution < -0.4 is 0 Å². The molecule has 1 aliphatic carbocycles. The first-order chi connectivity index (χ1) is 18.8. The minimum absolute atomic E-state index is 0.0471. The normalized spacial score (nSPS) is 15.2. The Morgan fingerprint density at radius 1 is 0.925 bits per heavy atom. The fourth-order valence-electron chi connectivity index (χ4n) is 5.06. The lowest BCUT2D eigenvalue weighted by molar-refractivity contribution is -0.121. The Labute approximate surface area is 236 Å². The molecule has 0 aliphatic heterocycles. The van der Waals surface area contributed by atoms with Crippen LogP contribution in [0.1, 0.15) is 49.3 Å². The van der Waals surface area contributed by atoms with E-state index in [9.17, 15) is 21.6 Å². The number of carbonyl (C=O) groups is 1. The Kier molecular flexibility index (Phi) is 7.21. The Morgan fingerprint density at radius 2 is 1.62 bits per heavy atom. The molecule has 5 rings (SSSR count). The summed E-state index contributed by atoms with van der Waals surface area (Å²) in [5.41, 5.74) is 4.93. The predicted octanol–water partition coefficient (Wildman–Crippen LogP) is 5.89. The summed E-state index contributed by atoms with van der Waals surface area (Å²) in [5.74, 6) is -0.158. The number of ketones is 1. The molecule has 208 valence electrons. The number of rotatable bonds is 9. The topological polar surface area (TPSA) is 98.2 Å². The van der Waals surface area contributed by atoms with Gasteiger partial charge in [0.1, 0.15) is 5.78 Å². The first-order valence-corrected chi connectivity index (χ1v) is 17.1. The van der Waals surface area contributed by atoms with Gasteiger partial charge in [-0.3, -0.25) is 9.78 Å². The molecule has 0 bridgehead atoms. The van der Waals surface area contributed by atoms with E-state index < -0.39 is 24.4 Å². The van der Waals surface area contributed by atoms with Crippen LogP contribution in [0.15, 0.2) is 83.9 Å². The largest absolute Gasteiger partial charge is 0.299 e. The van der Waals surface area contributed by atoms with Crippen LogP contribution >= 0.6 is 0 Å². The van der Waals surface area contributed by atoms with Gasteiger partial charge in [0, 0.05) is 41.5 Å². The summed E-state index contributed by atoms with van der Waals surface area (Å²) in [6.07, 6.45) is 6.39. The number of fused-ring (bicyclic) bond motifs is 1. The van der Waals surface area contributed by atoms with Crippen molar-refractivity contribution in [3.8, 4) is 11.1 Å². The molecule has 8 heteroatoms. The van der Waals surface area contributed by atoms with E-state index in [0.717, 1.165) is 46.0 Å². The maximum atomic E-state index is 13.4.